The molecule has 2 aliphatic rings. The molecule has 28 heavy (non-hydrogen) atoms. The van der Waals surface area contributed by atoms with Crippen molar-refractivity contribution in [2.75, 3.05) is 54.0 Å². The molecule has 0 bridgehead atoms. The highest BCUT2D eigenvalue weighted by Crippen LogP contribution is 2.33. The first-order valence-corrected chi connectivity index (χ1v) is 10.6. The lowest BCUT2D eigenvalue weighted by molar-refractivity contribution is 0.182. The molecule has 6 heteroatoms. The fraction of sp³-hybridized carbons (Fsp3) is 0.682. The number of fused-ring (bicyclic) bond motifs is 1. The van der Waals surface area contributed by atoms with Crippen molar-refractivity contribution in [1.82, 2.24) is 15.1 Å². The number of nitrogens with one attached hydrogen (secondary N) is 1. The number of benzene rings is 1. The van der Waals surface area contributed by atoms with Gasteiger partial charge in [-0.3, -0.25) is 4.99 Å². The van der Waals surface area contributed by atoms with Crippen molar-refractivity contribution in [3.8, 4) is 11.5 Å². The average molecular weight is 389 g/mol. The summed E-state index contributed by atoms with van der Waals surface area (Å²) in [6.07, 6.45) is 4.87. The van der Waals surface area contributed by atoms with Crippen molar-refractivity contribution < 1.29 is 9.47 Å². The summed E-state index contributed by atoms with van der Waals surface area (Å²) in [5.41, 5.74) is 2.62. The first kappa shape index (κ1) is 20.8. The van der Waals surface area contributed by atoms with Crippen molar-refractivity contribution in [3.05, 3.63) is 23.3 Å². The molecule has 0 aliphatic carbocycles. The minimum absolute atomic E-state index is 0.793. The zero-order valence-corrected chi connectivity index (χ0v) is 18.0. The topological polar surface area (TPSA) is 49.3 Å². The van der Waals surface area contributed by atoms with E-state index in [9.17, 15) is 0 Å². The van der Waals surface area contributed by atoms with E-state index in [1.165, 1.54) is 43.6 Å². The SMILES string of the molecule is CN=C(NCCCN1CCCC(C)C1)N1CCc2cc(OC)c(OC)cc2C1. The molecule has 6 nitrogen and oxygen atoms in total. The second kappa shape index (κ2) is 10.0. The third kappa shape index (κ3) is 5.10. The average Bonchev–Trinajstić information content (AvgIpc) is 2.72. The minimum atomic E-state index is 0.793. The Bertz CT molecular complexity index is 677. The van der Waals surface area contributed by atoms with Crippen LogP contribution >= 0.6 is 0 Å². The first-order valence-electron chi connectivity index (χ1n) is 10.6. The summed E-state index contributed by atoms with van der Waals surface area (Å²) in [7, 11) is 5.25. The van der Waals surface area contributed by atoms with E-state index in [1.807, 2.05) is 7.05 Å². The number of hydrogen-bond acceptors (Lipinski definition) is 4. The molecule has 0 amide bonds. The zero-order valence-electron chi connectivity index (χ0n) is 18.0. The number of guanidine groups is 1. The van der Waals surface area contributed by atoms with Gasteiger partial charge in [0, 0.05) is 33.2 Å². The third-order valence-corrected chi connectivity index (χ3v) is 5.90. The summed E-state index contributed by atoms with van der Waals surface area (Å²) in [6, 6.07) is 4.21. The molecule has 1 unspecified atom stereocenters. The number of rotatable bonds is 6. The largest absolute Gasteiger partial charge is 0.493 e. The van der Waals surface area contributed by atoms with Gasteiger partial charge in [0.2, 0.25) is 0 Å². The smallest absolute Gasteiger partial charge is 0.193 e. The Balaban J connectivity index is 1.51. The van der Waals surface area contributed by atoms with Crippen LogP contribution in [-0.2, 0) is 13.0 Å². The Morgan fingerprint density at radius 3 is 2.61 bits per heavy atom. The molecular formula is C22H36N4O2. The molecular weight excluding hydrogens is 352 g/mol. The van der Waals surface area contributed by atoms with Gasteiger partial charge >= 0.3 is 0 Å². The van der Waals surface area contributed by atoms with Gasteiger partial charge < -0.3 is 24.6 Å². The van der Waals surface area contributed by atoms with Gasteiger partial charge in [0.05, 0.1) is 14.2 Å². The lowest BCUT2D eigenvalue weighted by Gasteiger charge is -2.33. The molecule has 1 atom stereocenters. The van der Waals surface area contributed by atoms with Crippen molar-refractivity contribution in [2.45, 2.75) is 39.2 Å². The van der Waals surface area contributed by atoms with Crippen molar-refractivity contribution in [3.63, 3.8) is 0 Å². The fourth-order valence-electron chi connectivity index (χ4n) is 4.39. The quantitative estimate of drug-likeness (QED) is 0.461. The Morgan fingerprint density at radius 1 is 1.18 bits per heavy atom. The maximum Gasteiger partial charge on any atom is 0.193 e. The number of ether oxygens (including phenoxy) is 2. The van der Waals surface area contributed by atoms with Gasteiger partial charge in [-0.25, -0.2) is 0 Å². The van der Waals surface area contributed by atoms with E-state index in [0.717, 1.165) is 55.9 Å². The van der Waals surface area contributed by atoms with Crippen LogP contribution in [0.5, 0.6) is 11.5 Å². The van der Waals surface area contributed by atoms with Gasteiger partial charge in [-0.1, -0.05) is 6.92 Å². The Hall–Kier alpha value is -1.95. The molecule has 1 fully saturated rings. The Morgan fingerprint density at radius 2 is 1.93 bits per heavy atom. The van der Waals surface area contributed by atoms with Crippen LogP contribution in [0.15, 0.2) is 17.1 Å². The molecule has 0 radical (unpaired) electrons. The lowest BCUT2D eigenvalue weighted by atomic mass is 9.99. The predicted molar refractivity (Wildman–Crippen MR) is 114 cm³/mol. The molecule has 1 saturated heterocycles. The molecule has 0 aromatic heterocycles. The van der Waals surface area contributed by atoms with Gasteiger partial charge in [0.15, 0.2) is 17.5 Å². The van der Waals surface area contributed by atoms with Gasteiger partial charge in [-0.2, -0.15) is 0 Å². The molecule has 0 saturated carbocycles. The number of likely N-dealkylation sites (tertiary alicyclic amines) is 1. The van der Waals surface area contributed by atoms with Gasteiger partial charge in [0.1, 0.15) is 0 Å². The summed E-state index contributed by atoms with van der Waals surface area (Å²) >= 11 is 0. The molecule has 1 aromatic carbocycles. The monoisotopic (exact) mass is 388 g/mol. The van der Waals surface area contributed by atoms with Crippen LogP contribution in [-0.4, -0.2) is 69.8 Å². The second-order valence-electron chi connectivity index (χ2n) is 8.02. The number of methoxy groups -OCH3 is 2. The van der Waals surface area contributed by atoms with E-state index in [4.69, 9.17) is 9.47 Å². The van der Waals surface area contributed by atoms with E-state index < -0.39 is 0 Å². The van der Waals surface area contributed by atoms with Crippen LogP contribution in [0, 0.1) is 5.92 Å². The molecule has 3 rings (SSSR count). The number of aliphatic imine (C=N–C) groups is 1. The van der Waals surface area contributed by atoms with E-state index in [0.29, 0.717) is 0 Å². The normalized spacial score (nSPS) is 20.6. The van der Waals surface area contributed by atoms with E-state index in [2.05, 4.69) is 39.2 Å². The van der Waals surface area contributed by atoms with Crippen LogP contribution in [0.3, 0.4) is 0 Å². The Kier molecular flexibility index (Phi) is 7.43. The zero-order chi connectivity index (χ0) is 19.9. The van der Waals surface area contributed by atoms with Crippen LogP contribution < -0.4 is 14.8 Å². The molecule has 1 N–H and O–H groups in total. The van der Waals surface area contributed by atoms with Gasteiger partial charge in [-0.05, 0) is 68.0 Å². The van der Waals surface area contributed by atoms with Crippen LogP contribution in [0.25, 0.3) is 0 Å². The molecule has 2 heterocycles. The standard InChI is InChI=1S/C22H36N4O2/c1-17-7-5-10-25(15-17)11-6-9-24-22(23-2)26-12-8-18-13-20(27-3)21(28-4)14-19(18)16-26/h13-14,17H,5-12,15-16H2,1-4H3,(H,23,24). The minimum Gasteiger partial charge on any atom is -0.493 e. The maximum absolute atomic E-state index is 5.47. The van der Waals surface area contributed by atoms with Crippen LogP contribution in [0.2, 0.25) is 0 Å². The fourth-order valence-corrected chi connectivity index (χ4v) is 4.39. The van der Waals surface area contributed by atoms with Crippen LogP contribution in [0.1, 0.15) is 37.3 Å². The summed E-state index contributed by atoms with van der Waals surface area (Å²) in [4.78, 5) is 9.46. The number of hydrogen-bond donors (Lipinski definition) is 1. The second-order valence-corrected chi connectivity index (χ2v) is 8.02. The van der Waals surface area contributed by atoms with E-state index >= 15 is 0 Å². The van der Waals surface area contributed by atoms with Crippen molar-refractivity contribution in [1.29, 1.82) is 0 Å². The summed E-state index contributed by atoms with van der Waals surface area (Å²) in [5, 5.41) is 3.57. The summed E-state index contributed by atoms with van der Waals surface area (Å²) in [5.74, 6) is 3.44. The number of nitrogens with zero attached hydrogens (tertiary/aromatic N) is 3. The van der Waals surface area contributed by atoms with E-state index in [1.54, 1.807) is 14.2 Å². The summed E-state index contributed by atoms with van der Waals surface area (Å²) in [6.45, 7) is 8.83. The molecule has 156 valence electrons. The van der Waals surface area contributed by atoms with E-state index in [-0.39, 0.29) is 0 Å². The van der Waals surface area contributed by atoms with Gasteiger partial charge in [-0.15, -0.1) is 0 Å². The highest BCUT2D eigenvalue weighted by atomic mass is 16.5. The lowest BCUT2D eigenvalue weighted by Crippen LogP contribution is -2.45. The maximum atomic E-state index is 5.47. The molecule has 0 spiro atoms. The van der Waals surface area contributed by atoms with Crippen LogP contribution in [0.4, 0.5) is 0 Å². The Labute approximate surface area is 169 Å². The third-order valence-electron chi connectivity index (χ3n) is 5.90. The van der Waals surface area contributed by atoms with Gasteiger partial charge in [0.25, 0.3) is 0 Å². The number of piperidine rings is 1. The first-order chi connectivity index (χ1) is 13.6. The summed E-state index contributed by atoms with van der Waals surface area (Å²) < 4.78 is 10.9. The van der Waals surface area contributed by atoms with Crippen molar-refractivity contribution >= 4 is 5.96 Å². The highest BCUT2D eigenvalue weighted by Gasteiger charge is 2.22. The van der Waals surface area contributed by atoms with Crippen molar-refractivity contribution in [2.24, 2.45) is 10.9 Å². The molecule has 2 aliphatic heterocycles. The highest BCUT2D eigenvalue weighted by molar-refractivity contribution is 5.80. The molecule has 1 aromatic rings. The predicted octanol–water partition coefficient (Wildman–Crippen LogP) is 2.76.